The maximum absolute atomic E-state index is 13.1. The van der Waals surface area contributed by atoms with Gasteiger partial charge in [0.15, 0.2) is 0 Å². The van der Waals surface area contributed by atoms with Gasteiger partial charge in [0, 0.05) is 0 Å². The Bertz CT molecular complexity index is 421. The predicted molar refractivity (Wildman–Crippen MR) is 53.0 cm³/mol. The number of alkyl halides is 2. The molecular weight excluding hydrogens is 272 g/mol. The molecule has 0 atom stereocenters. The summed E-state index contributed by atoms with van der Waals surface area (Å²) in [7, 11) is 0. The van der Waals surface area contributed by atoms with Crippen LogP contribution in [0.25, 0.3) is 0 Å². The number of rotatable bonds is 2. The third kappa shape index (κ3) is 2.33. The van der Waals surface area contributed by atoms with Crippen LogP contribution in [0.2, 0.25) is 15.1 Å². The van der Waals surface area contributed by atoms with E-state index in [1.165, 1.54) is 0 Å². The van der Waals surface area contributed by atoms with Gasteiger partial charge in [-0.2, -0.15) is 8.78 Å². The second-order valence-corrected chi connectivity index (χ2v) is 3.85. The lowest BCUT2D eigenvalue weighted by atomic mass is 10.1. The average Bonchev–Trinajstić information content (AvgIpc) is 2.10. The van der Waals surface area contributed by atoms with Gasteiger partial charge in [0.1, 0.15) is 0 Å². The van der Waals surface area contributed by atoms with Gasteiger partial charge in [-0.05, 0) is 12.1 Å². The van der Waals surface area contributed by atoms with Crippen molar-refractivity contribution < 1.29 is 18.7 Å². The molecule has 0 aliphatic rings. The Hall–Kier alpha value is -0.580. The van der Waals surface area contributed by atoms with Gasteiger partial charge in [-0.3, -0.25) is 0 Å². The van der Waals surface area contributed by atoms with Crippen LogP contribution >= 0.6 is 34.8 Å². The van der Waals surface area contributed by atoms with E-state index in [9.17, 15) is 13.6 Å². The highest BCUT2D eigenvalue weighted by Crippen LogP contribution is 2.38. The quantitative estimate of drug-likeness (QED) is 0.833. The van der Waals surface area contributed by atoms with E-state index in [-0.39, 0.29) is 10.0 Å². The molecule has 0 saturated carbocycles. The number of hydrogen-bond acceptors (Lipinski definition) is 1. The average molecular weight is 275 g/mol. The van der Waals surface area contributed by atoms with Crippen molar-refractivity contribution in [3.05, 3.63) is 32.8 Å². The predicted octanol–water partition coefficient (Wildman–Crippen LogP) is 3.82. The van der Waals surface area contributed by atoms with Gasteiger partial charge >= 0.3 is 11.9 Å². The standard InChI is InChI=1S/C8H3Cl3F2O2/c9-4-2-6(11)5(10)1-3(4)8(12,13)7(14)15/h1-2H,(H,14,15). The van der Waals surface area contributed by atoms with Crippen LogP contribution in [0.5, 0.6) is 0 Å². The molecule has 0 aliphatic heterocycles. The first kappa shape index (κ1) is 12.5. The fourth-order valence-corrected chi connectivity index (χ4v) is 1.54. The van der Waals surface area contributed by atoms with Crippen molar-refractivity contribution in [3.63, 3.8) is 0 Å². The first-order valence-corrected chi connectivity index (χ1v) is 4.66. The zero-order valence-corrected chi connectivity index (χ0v) is 9.17. The third-order valence-electron chi connectivity index (χ3n) is 1.62. The largest absolute Gasteiger partial charge is 0.477 e. The van der Waals surface area contributed by atoms with Crippen molar-refractivity contribution in [1.29, 1.82) is 0 Å². The highest BCUT2D eigenvalue weighted by atomic mass is 35.5. The molecule has 0 spiro atoms. The molecular formula is C8H3Cl3F2O2. The second-order valence-electron chi connectivity index (χ2n) is 2.63. The molecule has 1 aromatic rings. The zero-order valence-electron chi connectivity index (χ0n) is 6.90. The normalized spacial score (nSPS) is 11.5. The van der Waals surface area contributed by atoms with Gasteiger partial charge < -0.3 is 5.11 Å². The maximum Gasteiger partial charge on any atom is 0.379 e. The van der Waals surface area contributed by atoms with E-state index < -0.39 is 22.5 Å². The van der Waals surface area contributed by atoms with Gasteiger partial charge in [-0.1, -0.05) is 34.8 Å². The molecule has 1 N–H and O–H groups in total. The monoisotopic (exact) mass is 274 g/mol. The van der Waals surface area contributed by atoms with Crippen LogP contribution in [0.1, 0.15) is 5.56 Å². The summed E-state index contributed by atoms with van der Waals surface area (Å²) in [5.74, 6) is -6.39. The van der Waals surface area contributed by atoms with Gasteiger partial charge in [0.05, 0.1) is 20.6 Å². The van der Waals surface area contributed by atoms with Crippen LogP contribution in [-0.4, -0.2) is 11.1 Å². The van der Waals surface area contributed by atoms with Crippen molar-refractivity contribution in [2.45, 2.75) is 5.92 Å². The minimum absolute atomic E-state index is 0.0217. The molecule has 1 aromatic carbocycles. The Morgan fingerprint density at radius 1 is 1.13 bits per heavy atom. The number of hydrogen-bond donors (Lipinski definition) is 1. The van der Waals surface area contributed by atoms with Crippen LogP contribution < -0.4 is 0 Å². The molecule has 0 fully saturated rings. The zero-order chi connectivity index (χ0) is 11.8. The van der Waals surface area contributed by atoms with Gasteiger partial charge in [-0.15, -0.1) is 0 Å². The second kappa shape index (κ2) is 4.12. The Kier molecular flexibility index (Phi) is 3.43. The molecule has 15 heavy (non-hydrogen) atoms. The number of carboxylic acid groups (broad SMARTS) is 1. The Labute approximate surface area is 98.4 Å². The van der Waals surface area contributed by atoms with E-state index in [0.717, 1.165) is 12.1 Å². The van der Waals surface area contributed by atoms with Gasteiger partial charge in [0.2, 0.25) is 0 Å². The highest BCUT2D eigenvalue weighted by molar-refractivity contribution is 6.43. The molecule has 0 radical (unpaired) electrons. The summed E-state index contributed by atoms with van der Waals surface area (Å²) in [6.45, 7) is 0. The van der Waals surface area contributed by atoms with E-state index in [4.69, 9.17) is 39.9 Å². The van der Waals surface area contributed by atoms with E-state index in [1.807, 2.05) is 0 Å². The number of halogens is 5. The molecule has 0 heterocycles. The van der Waals surface area contributed by atoms with Crippen molar-refractivity contribution in [2.24, 2.45) is 0 Å². The summed E-state index contributed by atoms with van der Waals surface area (Å²) in [5.41, 5.74) is -0.883. The molecule has 7 heteroatoms. The molecule has 0 saturated heterocycles. The van der Waals surface area contributed by atoms with E-state index in [0.29, 0.717) is 0 Å². The third-order valence-corrected chi connectivity index (χ3v) is 2.65. The summed E-state index contributed by atoms with van der Waals surface area (Å²) < 4.78 is 26.1. The number of carbonyl (C=O) groups is 1. The summed E-state index contributed by atoms with van der Waals surface area (Å²) in [4.78, 5) is 10.3. The van der Waals surface area contributed by atoms with Crippen molar-refractivity contribution in [3.8, 4) is 0 Å². The van der Waals surface area contributed by atoms with Crippen molar-refractivity contribution in [2.75, 3.05) is 0 Å². The van der Waals surface area contributed by atoms with Crippen LogP contribution in [0, 0.1) is 0 Å². The lowest BCUT2D eigenvalue weighted by molar-refractivity contribution is -0.166. The summed E-state index contributed by atoms with van der Waals surface area (Å²) in [6, 6.07) is 1.71. The number of carboxylic acids is 1. The van der Waals surface area contributed by atoms with Gasteiger partial charge in [-0.25, -0.2) is 4.79 Å². The SMILES string of the molecule is O=C(O)C(F)(F)c1cc(Cl)c(Cl)cc1Cl. The van der Waals surface area contributed by atoms with Crippen LogP contribution in [0.3, 0.4) is 0 Å². The Balaban J connectivity index is 3.38. The molecule has 0 bridgehead atoms. The minimum Gasteiger partial charge on any atom is -0.477 e. The molecule has 0 aliphatic carbocycles. The lowest BCUT2D eigenvalue weighted by Crippen LogP contribution is -2.25. The maximum atomic E-state index is 13.1. The van der Waals surface area contributed by atoms with Crippen LogP contribution in [0.4, 0.5) is 8.78 Å². The van der Waals surface area contributed by atoms with Crippen LogP contribution in [0.15, 0.2) is 12.1 Å². The van der Waals surface area contributed by atoms with E-state index in [2.05, 4.69) is 0 Å². The summed E-state index contributed by atoms with van der Waals surface area (Å²) >= 11 is 16.4. The Morgan fingerprint density at radius 2 is 1.60 bits per heavy atom. The smallest absolute Gasteiger partial charge is 0.379 e. The van der Waals surface area contributed by atoms with E-state index in [1.54, 1.807) is 0 Å². The molecule has 2 nitrogen and oxygen atoms in total. The Morgan fingerprint density at radius 3 is 2.07 bits per heavy atom. The first-order chi connectivity index (χ1) is 6.76. The van der Waals surface area contributed by atoms with Crippen LogP contribution in [-0.2, 0) is 10.7 Å². The molecule has 0 amide bonds. The fraction of sp³-hybridized carbons (Fsp3) is 0.125. The summed E-state index contributed by atoms with van der Waals surface area (Å²) in [5, 5.41) is 7.64. The van der Waals surface area contributed by atoms with Crippen molar-refractivity contribution >= 4 is 40.8 Å². The number of benzene rings is 1. The molecule has 82 valence electrons. The minimum atomic E-state index is -4.09. The number of aliphatic carboxylic acids is 1. The summed E-state index contributed by atoms with van der Waals surface area (Å²) in [6.07, 6.45) is 0. The van der Waals surface area contributed by atoms with Crippen molar-refractivity contribution in [1.82, 2.24) is 0 Å². The first-order valence-electron chi connectivity index (χ1n) is 3.53. The molecule has 0 aromatic heterocycles. The topological polar surface area (TPSA) is 37.3 Å². The van der Waals surface area contributed by atoms with Gasteiger partial charge in [0.25, 0.3) is 0 Å². The molecule has 0 unspecified atom stereocenters. The highest BCUT2D eigenvalue weighted by Gasteiger charge is 2.43. The lowest BCUT2D eigenvalue weighted by Gasteiger charge is -2.13. The fourth-order valence-electron chi connectivity index (χ4n) is 0.878. The molecule has 1 rings (SSSR count). The van der Waals surface area contributed by atoms with E-state index >= 15 is 0 Å².